The van der Waals surface area contributed by atoms with Gasteiger partial charge in [0.05, 0.1) is 18.1 Å². The van der Waals surface area contributed by atoms with Crippen molar-refractivity contribution in [1.82, 2.24) is 19.6 Å². The minimum atomic E-state index is -1.15. The Labute approximate surface area is 202 Å². The first-order chi connectivity index (χ1) is 16.2. The van der Waals surface area contributed by atoms with Gasteiger partial charge >= 0.3 is 12.1 Å². The highest BCUT2D eigenvalue weighted by Gasteiger charge is 2.60. The topological polar surface area (TPSA) is 125 Å². The number of aliphatic carboxylic acids is 1. The van der Waals surface area contributed by atoms with Gasteiger partial charge in [-0.05, 0) is 25.8 Å². The Hall–Kier alpha value is -2.79. The van der Waals surface area contributed by atoms with Gasteiger partial charge in [-0.1, -0.05) is 19.6 Å². The summed E-state index contributed by atoms with van der Waals surface area (Å²) in [4.78, 5) is 41.1. The van der Waals surface area contributed by atoms with Crippen LogP contribution in [-0.4, -0.2) is 84.4 Å². The molecule has 184 valence electrons. The summed E-state index contributed by atoms with van der Waals surface area (Å²) in [6.45, 7) is 8.21. The molecular formula is C23H30N4O6S. The van der Waals surface area contributed by atoms with Crippen molar-refractivity contribution < 1.29 is 29.3 Å². The highest BCUT2D eigenvalue weighted by molar-refractivity contribution is 8.03. The number of amides is 2. The number of aromatic nitrogens is 2. The average Bonchev–Trinajstić information content (AvgIpc) is 3.49. The summed E-state index contributed by atoms with van der Waals surface area (Å²) in [5, 5.41) is 24.1. The maximum atomic E-state index is 12.7. The van der Waals surface area contributed by atoms with Gasteiger partial charge < -0.3 is 24.7 Å². The van der Waals surface area contributed by atoms with E-state index in [1.807, 2.05) is 23.9 Å². The fourth-order valence-corrected chi connectivity index (χ4v) is 6.81. The number of ether oxygens (including phenoxy) is 1. The SMILES string of the molecule is C=CCOC(=O)N1C[C@@H](SC2=C(C(=O)O)N3C(=O)[C@H]([C@@H](C)O)[C@H]3[C@H]2C)C[C@H]1CCn1cccn1. The Morgan fingerprint density at radius 3 is 2.82 bits per heavy atom. The first-order valence-electron chi connectivity index (χ1n) is 11.4. The second-order valence-corrected chi connectivity index (χ2v) is 10.3. The molecule has 0 bridgehead atoms. The largest absolute Gasteiger partial charge is 0.477 e. The Balaban J connectivity index is 1.52. The van der Waals surface area contributed by atoms with Gasteiger partial charge in [0.25, 0.3) is 0 Å². The van der Waals surface area contributed by atoms with Crippen molar-refractivity contribution in [1.29, 1.82) is 0 Å². The van der Waals surface area contributed by atoms with E-state index in [-0.39, 0.29) is 41.5 Å². The molecule has 34 heavy (non-hydrogen) atoms. The van der Waals surface area contributed by atoms with Crippen molar-refractivity contribution in [3.8, 4) is 0 Å². The molecule has 0 saturated carbocycles. The van der Waals surface area contributed by atoms with Crippen LogP contribution in [0.5, 0.6) is 0 Å². The number of thioether (sulfide) groups is 1. The van der Waals surface area contributed by atoms with Crippen LogP contribution in [-0.2, 0) is 20.9 Å². The lowest BCUT2D eigenvalue weighted by atomic mass is 9.79. The van der Waals surface area contributed by atoms with Crippen LogP contribution in [0.15, 0.2) is 41.7 Å². The van der Waals surface area contributed by atoms with Crippen LogP contribution in [0.3, 0.4) is 0 Å². The van der Waals surface area contributed by atoms with Crippen molar-refractivity contribution in [2.45, 2.75) is 56.7 Å². The molecule has 0 radical (unpaired) electrons. The van der Waals surface area contributed by atoms with Crippen LogP contribution in [0.1, 0.15) is 26.7 Å². The molecule has 2 saturated heterocycles. The zero-order chi connectivity index (χ0) is 24.6. The van der Waals surface area contributed by atoms with Crippen molar-refractivity contribution in [2.24, 2.45) is 11.8 Å². The number of carboxylic acid groups (broad SMARTS) is 1. The molecule has 11 heteroatoms. The maximum Gasteiger partial charge on any atom is 0.410 e. The average molecular weight is 491 g/mol. The van der Waals surface area contributed by atoms with Crippen molar-refractivity contribution in [3.05, 3.63) is 41.7 Å². The molecule has 2 N–H and O–H groups in total. The summed E-state index contributed by atoms with van der Waals surface area (Å²) in [6.07, 6.45) is 5.17. The van der Waals surface area contributed by atoms with Crippen molar-refractivity contribution >= 4 is 29.7 Å². The lowest BCUT2D eigenvalue weighted by molar-refractivity contribution is -0.163. The van der Waals surface area contributed by atoms with Crippen LogP contribution >= 0.6 is 11.8 Å². The van der Waals surface area contributed by atoms with E-state index in [1.165, 1.54) is 22.7 Å². The third-order valence-corrected chi connectivity index (χ3v) is 8.28. The second-order valence-electron chi connectivity index (χ2n) is 8.98. The van der Waals surface area contributed by atoms with Crippen LogP contribution in [0.25, 0.3) is 0 Å². The van der Waals surface area contributed by atoms with Crippen LogP contribution < -0.4 is 0 Å². The van der Waals surface area contributed by atoms with Gasteiger partial charge in [-0.25, -0.2) is 9.59 Å². The number of hydrogen-bond donors (Lipinski definition) is 2. The predicted molar refractivity (Wildman–Crippen MR) is 125 cm³/mol. The first-order valence-corrected chi connectivity index (χ1v) is 12.3. The highest BCUT2D eigenvalue weighted by Crippen LogP contribution is 2.52. The van der Waals surface area contributed by atoms with Crippen LogP contribution in [0.2, 0.25) is 0 Å². The van der Waals surface area contributed by atoms with Crippen LogP contribution in [0, 0.1) is 11.8 Å². The highest BCUT2D eigenvalue weighted by atomic mass is 32.2. The van der Waals surface area contributed by atoms with E-state index in [4.69, 9.17) is 4.74 Å². The number of rotatable bonds is 9. The molecule has 3 aliphatic heterocycles. The Morgan fingerprint density at radius 2 is 2.21 bits per heavy atom. The number of carbonyl (C=O) groups is 3. The third kappa shape index (κ3) is 4.34. The van der Waals surface area contributed by atoms with Gasteiger partial charge in [-0.15, -0.1) is 11.8 Å². The van der Waals surface area contributed by atoms with E-state index in [9.17, 15) is 24.6 Å². The summed E-state index contributed by atoms with van der Waals surface area (Å²) in [6, 6.07) is 1.40. The molecule has 10 nitrogen and oxygen atoms in total. The third-order valence-electron chi connectivity index (χ3n) is 6.79. The standard InChI is InChI=1S/C23H30N4O6S/c1-4-10-33-23(32)26-12-16(11-15(26)6-9-25-8-5-7-24-25)34-20-13(2)18-17(14(3)28)21(29)27(18)19(20)22(30)31/h4-5,7-8,13-18,28H,1,6,9-12H2,2-3H3,(H,30,31)/t13-,14-,15-,16+,17-,18-/m1/s1. The minimum Gasteiger partial charge on any atom is -0.477 e. The summed E-state index contributed by atoms with van der Waals surface area (Å²) < 4.78 is 7.10. The molecule has 2 amide bonds. The van der Waals surface area contributed by atoms with Crippen molar-refractivity contribution in [2.75, 3.05) is 13.2 Å². The van der Waals surface area contributed by atoms with Gasteiger partial charge in [0, 0.05) is 47.6 Å². The molecule has 4 heterocycles. The van der Waals surface area contributed by atoms with Gasteiger partial charge in [0.15, 0.2) is 0 Å². The maximum absolute atomic E-state index is 12.7. The second kappa shape index (κ2) is 9.83. The number of aliphatic hydroxyl groups is 1. The minimum absolute atomic E-state index is 0.00479. The fraction of sp³-hybridized carbons (Fsp3) is 0.565. The first kappa shape index (κ1) is 24.3. The molecule has 0 unspecified atom stereocenters. The van der Waals surface area contributed by atoms with Crippen molar-refractivity contribution in [3.63, 3.8) is 0 Å². The molecule has 2 fully saturated rings. The van der Waals surface area contributed by atoms with Gasteiger partial charge in [0.2, 0.25) is 5.91 Å². The quantitative estimate of drug-likeness (QED) is 0.397. The Bertz CT molecular complexity index is 994. The van der Waals surface area contributed by atoms with Crippen LogP contribution in [0.4, 0.5) is 4.79 Å². The Kier molecular flexibility index (Phi) is 7.04. The molecule has 1 aromatic rings. The zero-order valence-corrected chi connectivity index (χ0v) is 20.1. The van der Waals surface area contributed by atoms with Gasteiger partial charge in [-0.3, -0.25) is 9.48 Å². The van der Waals surface area contributed by atoms with E-state index in [0.29, 0.717) is 30.8 Å². The molecule has 0 aliphatic carbocycles. The van der Waals surface area contributed by atoms with E-state index in [1.54, 1.807) is 18.0 Å². The lowest BCUT2D eigenvalue weighted by Gasteiger charge is -2.46. The molecule has 4 rings (SSSR count). The molecular weight excluding hydrogens is 460 g/mol. The molecule has 3 aliphatic rings. The molecule has 0 spiro atoms. The van der Waals surface area contributed by atoms with E-state index < -0.39 is 24.1 Å². The fourth-order valence-electron chi connectivity index (χ4n) is 5.24. The Morgan fingerprint density at radius 1 is 1.44 bits per heavy atom. The van der Waals surface area contributed by atoms with E-state index in [2.05, 4.69) is 11.7 Å². The molecule has 1 aromatic heterocycles. The van der Waals surface area contributed by atoms with E-state index >= 15 is 0 Å². The summed E-state index contributed by atoms with van der Waals surface area (Å²) in [5.41, 5.74) is 0.00479. The summed E-state index contributed by atoms with van der Waals surface area (Å²) >= 11 is 1.43. The van der Waals surface area contributed by atoms with Gasteiger partial charge in [0.1, 0.15) is 12.3 Å². The summed E-state index contributed by atoms with van der Waals surface area (Å²) in [7, 11) is 0. The number of carboxylic acids is 1. The number of aryl methyl sites for hydroxylation is 1. The zero-order valence-electron chi connectivity index (χ0n) is 19.2. The smallest absolute Gasteiger partial charge is 0.410 e. The monoisotopic (exact) mass is 490 g/mol. The lowest BCUT2D eigenvalue weighted by Crippen LogP contribution is -2.63. The number of β-lactam (4-membered cyclic amide) rings is 1. The number of carbonyl (C=O) groups excluding carboxylic acids is 2. The number of hydrogen-bond acceptors (Lipinski definition) is 7. The van der Waals surface area contributed by atoms with E-state index in [0.717, 1.165) is 0 Å². The molecule has 0 aromatic carbocycles. The normalized spacial score (nSPS) is 29.1. The predicted octanol–water partition coefficient (Wildman–Crippen LogP) is 1.93. The van der Waals surface area contributed by atoms with Gasteiger partial charge in [-0.2, -0.15) is 5.10 Å². The molecule has 6 atom stereocenters. The number of aliphatic hydroxyl groups excluding tert-OH is 1. The number of fused-ring (bicyclic) bond motifs is 1. The number of nitrogens with zero attached hydrogens (tertiary/aromatic N) is 4. The number of likely N-dealkylation sites (tertiary alicyclic amines) is 1. The summed E-state index contributed by atoms with van der Waals surface area (Å²) in [5.74, 6) is -2.31.